The number of carbonyl (C=O) groups excluding carboxylic acids is 1. The lowest BCUT2D eigenvalue weighted by Crippen LogP contribution is -2.36. The topological polar surface area (TPSA) is 84.2 Å². The van der Waals surface area contributed by atoms with Crippen LogP contribution in [0.15, 0.2) is 103 Å². The summed E-state index contributed by atoms with van der Waals surface area (Å²) >= 11 is 0. The summed E-state index contributed by atoms with van der Waals surface area (Å²) < 4.78 is 39.6. The molecule has 0 aliphatic carbocycles. The Morgan fingerprint density at radius 3 is 2.45 bits per heavy atom. The third-order valence-electron chi connectivity index (χ3n) is 6.98. The summed E-state index contributed by atoms with van der Waals surface area (Å²) in [5, 5.41) is 12.0. The number of pyridine rings is 2. The van der Waals surface area contributed by atoms with E-state index in [1.165, 1.54) is 29.1 Å². The molecule has 1 amide bonds. The van der Waals surface area contributed by atoms with E-state index in [-0.39, 0.29) is 16.8 Å². The first-order valence-corrected chi connectivity index (χ1v) is 12.5. The van der Waals surface area contributed by atoms with Crippen molar-refractivity contribution in [3.05, 3.63) is 119 Å². The number of alkyl halides is 3. The smallest absolute Gasteiger partial charge is 0.405 e. The number of hydrogen-bond acceptors (Lipinski definition) is 4. The fraction of sp³-hybridized carbons (Fsp3) is 0.194. The van der Waals surface area contributed by atoms with Crippen LogP contribution in [0.2, 0.25) is 0 Å². The van der Waals surface area contributed by atoms with Crippen molar-refractivity contribution in [1.82, 2.24) is 14.9 Å². The van der Waals surface area contributed by atoms with Crippen molar-refractivity contribution in [3.63, 3.8) is 0 Å². The number of carbonyl (C=O) groups is 1. The minimum absolute atomic E-state index is 0.0650. The molecule has 0 bridgehead atoms. The van der Waals surface area contributed by atoms with Crippen molar-refractivity contribution in [2.24, 2.45) is 5.41 Å². The zero-order valence-corrected chi connectivity index (χ0v) is 21.8. The molecule has 1 atom stereocenters. The highest BCUT2D eigenvalue weighted by atomic mass is 19.4. The van der Waals surface area contributed by atoms with Gasteiger partial charge in [-0.3, -0.25) is 9.59 Å². The molecule has 206 valence electrons. The zero-order valence-electron chi connectivity index (χ0n) is 21.8. The van der Waals surface area contributed by atoms with E-state index >= 15 is 0 Å². The Morgan fingerprint density at radius 1 is 1.10 bits per heavy atom. The lowest BCUT2D eigenvalue weighted by molar-refractivity contribution is -0.123. The molecule has 0 saturated heterocycles. The average molecular weight is 548 g/mol. The van der Waals surface area contributed by atoms with Crippen molar-refractivity contribution in [2.45, 2.75) is 25.9 Å². The molecule has 2 N–H and O–H groups in total. The van der Waals surface area contributed by atoms with Gasteiger partial charge in [-0.1, -0.05) is 56.0 Å². The summed E-state index contributed by atoms with van der Waals surface area (Å²) in [4.78, 5) is 29.8. The first-order valence-electron chi connectivity index (χ1n) is 12.5. The second-order valence-corrected chi connectivity index (χ2v) is 9.50. The van der Waals surface area contributed by atoms with Crippen LogP contribution in [0.25, 0.3) is 27.8 Å². The van der Waals surface area contributed by atoms with Gasteiger partial charge < -0.3 is 15.0 Å². The van der Waals surface area contributed by atoms with Crippen molar-refractivity contribution in [2.75, 3.05) is 6.54 Å². The van der Waals surface area contributed by atoms with Crippen molar-refractivity contribution < 1.29 is 23.1 Å². The molecule has 2 heterocycles. The van der Waals surface area contributed by atoms with E-state index in [0.29, 0.717) is 18.5 Å². The Hall–Kier alpha value is -4.66. The number of fused-ring (bicyclic) bond motifs is 1. The molecule has 2 aromatic heterocycles. The van der Waals surface area contributed by atoms with Gasteiger partial charge >= 0.3 is 6.18 Å². The number of hydrogen-bond donors (Lipinski definition) is 2. The summed E-state index contributed by atoms with van der Waals surface area (Å²) in [6.45, 7) is 7.99. The van der Waals surface area contributed by atoms with Gasteiger partial charge in [0.05, 0.1) is 11.1 Å². The largest absolute Gasteiger partial charge is 0.512 e. The molecular weight excluding hydrogens is 519 g/mol. The maximum absolute atomic E-state index is 13.0. The molecule has 0 spiro atoms. The number of aliphatic hydroxyl groups is 1. The minimum Gasteiger partial charge on any atom is -0.512 e. The fourth-order valence-corrected chi connectivity index (χ4v) is 4.57. The van der Waals surface area contributed by atoms with Gasteiger partial charge in [0.1, 0.15) is 17.8 Å². The quantitative estimate of drug-likeness (QED) is 0.184. The summed E-state index contributed by atoms with van der Waals surface area (Å²) in [6, 6.07) is 18.1. The number of halogens is 3. The molecule has 4 rings (SSSR count). The molecule has 6 nitrogen and oxygen atoms in total. The van der Waals surface area contributed by atoms with E-state index < -0.39 is 35.0 Å². The Balaban J connectivity index is 1.73. The summed E-state index contributed by atoms with van der Waals surface area (Å²) in [5.74, 6) is -1.06. The second kappa shape index (κ2) is 11.2. The van der Waals surface area contributed by atoms with E-state index in [1.54, 1.807) is 23.5 Å². The predicted molar refractivity (Wildman–Crippen MR) is 150 cm³/mol. The fourth-order valence-electron chi connectivity index (χ4n) is 4.57. The Morgan fingerprint density at radius 2 is 1.82 bits per heavy atom. The predicted octanol–water partition coefficient (Wildman–Crippen LogP) is 6.54. The molecule has 0 aliphatic heterocycles. The summed E-state index contributed by atoms with van der Waals surface area (Å²) in [7, 11) is 0. The van der Waals surface area contributed by atoms with Gasteiger partial charge in [0.2, 0.25) is 5.43 Å². The lowest BCUT2D eigenvalue weighted by atomic mass is 9.78. The summed E-state index contributed by atoms with van der Waals surface area (Å²) in [6.07, 6.45) is 0.988. The minimum atomic E-state index is -4.62. The summed E-state index contributed by atoms with van der Waals surface area (Å²) in [5.41, 5.74) is 1.76. The number of aromatic nitrogens is 2. The van der Waals surface area contributed by atoms with Crippen LogP contribution in [0.3, 0.4) is 0 Å². The molecule has 0 saturated carbocycles. The first kappa shape index (κ1) is 28.4. The number of nitrogens with zero attached hydrogens (tertiary/aromatic N) is 2. The van der Waals surface area contributed by atoms with E-state index in [1.807, 2.05) is 43.3 Å². The number of amides is 1. The van der Waals surface area contributed by atoms with Gasteiger partial charge in [0.15, 0.2) is 0 Å². The maximum atomic E-state index is 13.0. The van der Waals surface area contributed by atoms with Crippen LogP contribution in [-0.4, -0.2) is 33.3 Å². The Kier molecular flexibility index (Phi) is 7.95. The Bertz CT molecular complexity index is 1640. The number of rotatable bonds is 9. The van der Waals surface area contributed by atoms with Crippen LogP contribution >= 0.6 is 0 Å². The molecular formula is C31H28F3N3O3. The zero-order chi connectivity index (χ0) is 29.1. The van der Waals surface area contributed by atoms with Crippen LogP contribution in [-0.2, 0) is 6.42 Å². The third kappa shape index (κ3) is 5.83. The van der Waals surface area contributed by atoms with Gasteiger partial charge in [-0.05, 0) is 53.8 Å². The second-order valence-electron chi connectivity index (χ2n) is 9.50. The Labute approximate surface area is 229 Å². The highest BCUT2D eigenvalue weighted by Crippen LogP contribution is 2.35. The average Bonchev–Trinajstić information content (AvgIpc) is 2.95. The van der Waals surface area contributed by atoms with Crippen molar-refractivity contribution in [1.29, 1.82) is 0 Å². The van der Waals surface area contributed by atoms with Gasteiger partial charge in [0, 0.05) is 23.5 Å². The van der Waals surface area contributed by atoms with Crippen molar-refractivity contribution >= 4 is 16.9 Å². The number of allylic oxidation sites excluding steroid dienone is 1. The van der Waals surface area contributed by atoms with Crippen LogP contribution in [0.5, 0.6) is 0 Å². The highest BCUT2D eigenvalue weighted by Gasteiger charge is 2.29. The standard InChI is InChI=1S/C31H28F3N3O3/c1-4-30(5-2,20(3)38)17-21-11-13-22(14-12-21)23-8-6-9-24(16-23)37-18-26(29(40)36-19-31(32,33)34)27(39)25-10-7-15-35-28(25)37/h4,6-16,18,38H,1,3,5,17,19H2,2H3,(H,36,40). The van der Waals surface area contributed by atoms with E-state index in [9.17, 15) is 27.9 Å². The van der Waals surface area contributed by atoms with Gasteiger partial charge in [-0.15, -0.1) is 6.58 Å². The van der Waals surface area contributed by atoms with Crippen molar-refractivity contribution in [3.8, 4) is 16.8 Å². The van der Waals surface area contributed by atoms with Crippen LogP contribution in [0.1, 0.15) is 29.3 Å². The molecule has 9 heteroatoms. The number of aliphatic hydroxyl groups excluding tert-OH is 1. The van der Waals surface area contributed by atoms with E-state index in [4.69, 9.17) is 0 Å². The number of nitrogens with one attached hydrogen (secondary N) is 1. The SMILES string of the molecule is C=CC(CC)(Cc1ccc(-c2cccc(-n3cc(C(=O)NCC(F)(F)F)c(=O)c4cccnc43)c2)cc1)C(=C)O. The van der Waals surface area contributed by atoms with E-state index in [0.717, 1.165) is 16.7 Å². The molecule has 0 radical (unpaired) electrons. The normalized spacial score (nSPS) is 13.0. The van der Waals surface area contributed by atoms with Gasteiger partial charge in [-0.2, -0.15) is 13.2 Å². The van der Waals surface area contributed by atoms with Crippen LogP contribution in [0.4, 0.5) is 13.2 Å². The molecule has 4 aromatic rings. The van der Waals surface area contributed by atoms with Crippen LogP contribution < -0.4 is 10.7 Å². The lowest BCUT2D eigenvalue weighted by Gasteiger charge is -2.28. The highest BCUT2D eigenvalue weighted by molar-refractivity contribution is 5.97. The molecule has 0 fully saturated rings. The monoisotopic (exact) mass is 547 g/mol. The van der Waals surface area contributed by atoms with Gasteiger partial charge in [0.25, 0.3) is 5.91 Å². The molecule has 2 aromatic carbocycles. The van der Waals surface area contributed by atoms with Gasteiger partial charge in [-0.25, -0.2) is 4.98 Å². The maximum Gasteiger partial charge on any atom is 0.405 e. The first-order chi connectivity index (χ1) is 19.0. The van der Waals surface area contributed by atoms with E-state index in [2.05, 4.69) is 18.1 Å². The molecule has 1 unspecified atom stereocenters. The third-order valence-corrected chi connectivity index (χ3v) is 6.98. The molecule has 0 aliphatic rings. The number of benzene rings is 2. The molecule has 40 heavy (non-hydrogen) atoms. The van der Waals surface area contributed by atoms with Crippen LogP contribution in [0, 0.1) is 5.41 Å².